The van der Waals surface area contributed by atoms with Gasteiger partial charge in [0.15, 0.2) is 0 Å². The third kappa shape index (κ3) is 6.79. The lowest BCUT2D eigenvalue weighted by molar-refractivity contribution is 0.0212. The third-order valence-electron chi connectivity index (χ3n) is 5.66. The van der Waals surface area contributed by atoms with E-state index in [0.29, 0.717) is 31.1 Å². The van der Waals surface area contributed by atoms with Gasteiger partial charge in [-0.25, -0.2) is 4.39 Å². The topological polar surface area (TPSA) is 54.3 Å². The Kier molecular flexibility index (Phi) is 8.16. The molecule has 1 N–H and O–H groups in total. The predicted molar refractivity (Wildman–Crippen MR) is 132 cm³/mol. The van der Waals surface area contributed by atoms with E-state index >= 15 is 0 Å². The van der Waals surface area contributed by atoms with Gasteiger partial charge in [-0.05, 0) is 53.9 Å². The van der Waals surface area contributed by atoms with E-state index in [0.717, 1.165) is 28.2 Å². The molecule has 0 bridgehead atoms. The summed E-state index contributed by atoms with van der Waals surface area (Å²) < 4.78 is 19.1. The molecule has 0 fully saturated rings. The second-order valence-electron chi connectivity index (χ2n) is 8.53. The van der Waals surface area contributed by atoms with Crippen LogP contribution in [0.2, 0.25) is 5.02 Å². The van der Waals surface area contributed by atoms with Gasteiger partial charge in [-0.3, -0.25) is 4.90 Å². The number of nitrogens with zero attached hydrogens (tertiary/aromatic N) is 2. The zero-order valence-electron chi connectivity index (χ0n) is 19.0. The molecule has 0 aliphatic carbocycles. The average Bonchev–Trinajstić information content (AvgIpc) is 3.27. The Morgan fingerprint density at radius 1 is 1.15 bits per heavy atom. The van der Waals surface area contributed by atoms with Gasteiger partial charge < -0.3 is 14.7 Å². The van der Waals surface area contributed by atoms with Crippen LogP contribution < -0.4 is 4.74 Å². The van der Waals surface area contributed by atoms with Gasteiger partial charge in [0.25, 0.3) is 0 Å². The molecule has 34 heavy (non-hydrogen) atoms. The van der Waals surface area contributed by atoms with Crippen molar-refractivity contribution in [3.05, 3.63) is 100 Å². The molecule has 0 saturated heterocycles. The van der Waals surface area contributed by atoms with Crippen molar-refractivity contribution < 1.29 is 19.1 Å². The van der Waals surface area contributed by atoms with E-state index in [2.05, 4.69) is 10.1 Å². The Morgan fingerprint density at radius 3 is 2.71 bits per heavy atom. The van der Waals surface area contributed by atoms with Crippen molar-refractivity contribution in [2.24, 2.45) is 5.16 Å². The number of benzene rings is 3. The maximum Gasteiger partial charge on any atom is 0.145 e. The van der Waals surface area contributed by atoms with Gasteiger partial charge >= 0.3 is 0 Å². The van der Waals surface area contributed by atoms with Crippen LogP contribution in [-0.4, -0.2) is 47.6 Å². The van der Waals surface area contributed by atoms with Gasteiger partial charge in [0.2, 0.25) is 0 Å². The first-order valence-corrected chi connectivity index (χ1v) is 11.7. The third-order valence-corrected chi connectivity index (χ3v) is 5.90. The molecule has 1 aliphatic rings. The Labute approximate surface area is 204 Å². The molecule has 0 radical (unpaired) electrons. The summed E-state index contributed by atoms with van der Waals surface area (Å²) in [7, 11) is 0. The summed E-state index contributed by atoms with van der Waals surface area (Å²) in [6, 6.07) is 21.7. The van der Waals surface area contributed by atoms with Crippen LogP contribution in [0.4, 0.5) is 4.39 Å². The smallest absolute Gasteiger partial charge is 0.145 e. The van der Waals surface area contributed by atoms with Crippen LogP contribution in [0.25, 0.3) is 0 Å². The van der Waals surface area contributed by atoms with Crippen molar-refractivity contribution in [3.8, 4) is 5.75 Å². The van der Waals surface area contributed by atoms with Crippen molar-refractivity contribution in [2.45, 2.75) is 32.1 Å². The molecule has 178 valence electrons. The monoisotopic (exact) mass is 482 g/mol. The highest BCUT2D eigenvalue weighted by molar-refractivity contribution is 6.30. The van der Waals surface area contributed by atoms with Gasteiger partial charge in [0.05, 0.1) is 5.71 Å². The van der Waals surface area contributed by atoms with Gasteiger partial charge in [-0.15, -0.1) is 0 Å². The summed E-state index contributed by atoms with van der Waals surface area (Å²) in [4.78, 5) is 7.80. The van der Waals surface area contributed by atoms with Crippen LogP contribution in [-0.2, 0) is 11.4 Å². The molecule has 2 atom stereocenters. The molecule has 0 aromatic heterocycles. The molecular formula is C27H28ClFN2O3. The van der Waals surface area contributed by atoms with Gasteiger partial charge in [-0.2, -0.15) is 0 Å². The number of halogens is 2. The van der Waals surface area contributed by atoms with E-state index in [1.54, 1.807) is 12.1 Å². The van der Waals surface area contributed by atoms with E-state index < -0.39 is 6.10 Å². The van der Waals surface area contributed by atoms with Crippen LogP contribution in [0.3, 0.4) is 0 Å². The van der Waals surface area contributed by atoms with Crippen molar-refractivity contribution in [1.29, 1.82) is 0 Å². The molecule has 1 aliphatic heterocycles. The Balaban J connectivity index is 1.38. The largest absolute Gasteiger partial charge is 0.491 e. The number of para-hydroxylation sites is 1. The number of aliphatic hydroxyl groups excluding tert-OH is 1. The first kappa shape index (κ1) is 24.2. The molecule has 0 spiro atoms. The number of rotatable bonds is 10. The quantitative estimate of drug-likeness (QED) is 0.430. The molecule has 1 heterocycles. The molecule has 3 aromatic rings. The summed E-state index contributed by atoms with van der Waals surface area (Å²) in [5.74, 6) is 0.480. The van der Waals surface area contributed by atoms with Gasteiger partial charge in [0, 0.05) is 31.1 Å². The molecule has 2 unspecified atom stereocenters. The molecular weight excluding hydrogens is 455 g/mol. The molecule has 4 rings (SSSR count). The summed E-state index contributed by atoms with van der Waals surface area (Å²) in [6.45, 7) is 3.70. The summed E-state index contributed by atoms with van der Waals surface area (Å²) >= 11 is 6.18. The van der Waals surface area contributed by atoms with E-state index in [4.69, 9.17) is 21.2 Å². The molecule has 0 saturated carbocycles. The standard InChI is InChI=1S/C27H28ClFN2O3/c1-19-5-2-3-8-27(19)33-18-24(32)16-31(15-20-6-4-7-22(28)13-20)17-25-14-26(30-34-25)21-9-11-23(29)12-10-21/h2-13,24-25,32H,14-18H2,1H3. The van der Waals surface area contributed by atoms with Crippen molar-refractivity contribution in [2.75, 3.05) is 19.7 Å². The molecule has 5 nitrogen and oxygen atoms in total. The molecule has 0 amide bonds. The first-order valence-electron chi connectivity index (χ1n) is 11.3. The number of ether oxygens (including phenoxy) is 1. The summed E-state index contributed by atoms with van der Waals surface area (Å²) in [5, 5.41) is 15.6. The number of aliphatic hydroxyl groups is 1. The SMILES string of the molecule is Cc1ccccc1OCC(O)CN(Cc1cccc(Cl)c1)CC1CC(c2ccc(F)cc2)=NO1. The fraction of sp³-hybridized carbons (Fsp3) is 0.296. The summed E-state index contributed by atoms with van der Waals surface area (Å²) in [5.41, 5.74) is 3.70. The van der Waals surface area contributed by atoms with E-state index in [-0.39, 0.29) is 18.5 Å². The van der Waals surface area contributed by atoms with Crippen LogP contribution in [0.15, 0.2) is 78.0 Å². The van der Waals surface area contributed by atoms with Crippen LogP contribution >= 0.6 is 11.6 Å². The summed E-state index contributed by atoms with van der Waals surface area (Å²) in [6.07, 6.45) is -0.269. The fourth-order valence-corrected chi connectivity index (χ4v) is 4.19. The van der Waals surface area contributed by atoms with Crippen molar-refractivity contribution in [1.82, 2.24) is 4.90 Å². The van der Waals surface area contributed by atoms with Crippen molar-refractivity contribution in [3.63, 3.8) is 0 Å². The van der Waals surface area contributed by atoms with Crippen LogP contribution in [0, 0.1) is 12.7 Å². The number of hydrogen-bond acceptors (Lipinski definition) is 5. The second-order valence-corrected chi connectivity index (χ2v) is 8.97. The van der Waals surface area contributed by atoms with Gasteiger partial charge in [-0.1, -0.05) is 59.2 Å². The van der Waals surface area contributed by atoms with Crippen LogP contribution in [0.1, 0.15) is 23.1 Å². The second kappa shape index (κ2) is 11.5. The normalized spacial score (nSPS) is 16.3. The predicted octanol–water partition coefficient (Wildman–Crippen LogP) is 5.22. The van der Waals surface area contributed by atoms with Crippen LogP contribution in [0.5, 0.6) is 5.75 Å². The minimum absolute atomic E-state index is 0.177. The highest BCUT2D eigenvalue weighted by Crippen LogP contribution is 2.21. The van der Waals surface area contributed by atoms with E-state index in [1.807, 2.05) is 55.5 Å². The number of aryl methyl sites for hydroxylation is 1. The van der Waals surface area contributed by atoms with E-state index in [9.17, 15) is 9.50 Å². The Morgan fingerprint density at radius 2 is 1.94 bits per heavy atom. The Hall–Kier alpha value is -2.93. The lowest BCUT2D eigenvalue weighted by Crippen LogP contribution is -2.39. The average molecular weight is 483 g/mol. The van der Waals surface area contributed by atoms with Gasteiger partial charge in [0.1, 0.15) is 30.4 Å². The minimum atomic E-state index is -0.697. The zero-order chi connectivity index (χ0) is 23.9. The number of hydrogen-bond donors (Lipinski definition) is 1. The first-order chi connectivity index (χ1) is 16.5. The minimum Gasteiger partial charge on any atom is -0.491 e. The number of oxime groups is 1. The van der Waals surface area contributed by atoms with E-state index in [1.165, 1.54) is 12.1 Å². The molecule has 7 heteroatoms. The van der Waals surface area contributed by atoms with Crippen molar-refractivity contribution >= 4 is 17.3 Å². The highest BCUT2D eigenvalue weighted by atomic mass is 35.5. The molecule has 3 aromatic carbocycles. The highest BCUT2D eigenvalue weighted by Gasteiger charge is 2.26. The zero-order valence-corrected chi connectivity index (χ0v) is 19.8. The Bertz CT molecular complexity index is 1120. The lowest BCUT2D eigenvalue weighted by atomic mass is 10.0. The lowest BCUT2D eigenvalue weighted by Gasteiger charge is -2.27. The maximum absolute atomic E-state index is 13.3. The maximum atomic E-state index is 13.3. The fourth-order valence-electron chi connectivity index (χ4n) is 3.98.